The van der Waals surface area contributed by atoms with Gasteiger partial charge >= 0.3 is 6.18 Å². The van der Waals surface area contributed by atoms with Gasteiger partial charge in [-0.15, -0.1) is 0 Å². The highest BCUT2D eigenvalue weighted by Gasteiger charge is 2.27. The molecule has 0 aliphatic heterocycles. The highest BCUT2D eigenvalue weighted by Crippen LogP contribution is 2.14. The smallest absolute Gasteiger partial charge is 0.394 e. The van der Waals surface area contributed by atoms with E-state index in [0.717, 1.165) is 0 Å². The standard InChI is InChI=1S/C9H16F3NO3/c1-7(5-14)13(2)8(15)3-4-16-6-9(10,11)12/h7,14H,3-6H2,1-2H3. The number of alkyl halides is 3. The Morgan fingerprint density at radius 2 is 2.06 bits per heavy atom. The molecule has 0 radical (unpaired) electrons. The molecule has 0 saturated carbocycles. The molecule has 1 atom stereocenters. The molecule has 16 heavy (non-hydrogen) atoms. The maximum absolute atomic E-state index is 11.7. The molecule has 0 spiro atoms. The van der Waals surface area contributed by atoms with Crippen molar-refractivity contribution in [3.63, 3.8) is 0 Å². The molecule has 1 N–H and O–H groups in total. The molecule has 0 aromatic heterocycles. The second kappa shape index (κ2) is 6.70. The lowest BCUT2D eigenvalue weighted by molar-refractivity contribution is -0.175. The van der Waals surface area contributed by atoms with E-state index in [1.807, 2.05) is 0 Å². The summed E-state index contributed by atoms with van der Waals surface area (Å²) in [6.07, 6.45) is -4.50. The van der Waals surface area contributed by atoms with E-state index >= 15 is 0 Å². The van der Waals surface area contributed by atoms with Crippen LogP contribution in [0.5, 0.6) is 0 Å². The first-order valence-corrected chi connectivity index (χ1v) is 4.79. The maximum Gasteiger partial charge on any atom is 0.411 e. The van der Waals surface area contributed by atoms with Crippen molar-refractivity contribution in [1.82, 2.24) is 4.90 Å². The highest BCUT2D eigenvalue weighted by atomic mass is 19.4. The molecule has 0 aromatic rings. The van der Waals surface area contributed by atoms with Crippen molar-refractivity contribution in [2.24, 2.45) is 0 Å². The van der Waals surface area contributed by atoms with Crippen LogP contribution in [0.2, 0.25) is 0 Å². The minimum absolute atomic E-state index is 0.128. The lowest BCUT2D eigenvalue weighted by Gasteiger charge is -2.23. The number of halogens is 3. The molecule has 0 aliphatic rings. The Kier molecular flexibility index (Phi) is 6.35. The molecular formula is C9H16F3NO3. The molecule has 96 valence electrons. The third-order valence-electron chi connectivity index (χ3n) is 2.04. The normalized spacial score (nSPS) is 13.6. The average Bonchev–Trinajstić information content (AvgIpc) is 2.20. The van der Waals surface area contributed by atoms with Crippen LogP contribution in [0.4, 0.5) is 13.2 Å². The summed E-state index contributed by atoms with van der Waals surface area (Å²) < 4.78 is 39.3. The number of hydrogen-bond acceptors (Lipinski definition) is 3. The molecule has 0 aliphatic carbocycles. The Hall–Kier alpha value is -0.820. The zero-order valence-corrected chi connectivity index (χ0v) is 9.25. The first-order valence-electron chi connectivity index (χ1n) is 4.79. The predicted molar refractivity (Wildman–Crippen MR) is 50.8 cm³/mol. The third kappa shape index (κ3) is 6.62. The topological polar surface area (TPSA) is 49.8 Å². The number of nitrogens with zero attached hydrogens (tertiary/aromatic N) is 1. The summed E-state index contributed by atoms with van der Waals surface area (Å²) in [6, 6.07) is -0.352. The number of aliphatic hydroxyl groups excluding tert-OH is 1. The zero-order valence-electron chi connectivity index (χ0n) is 9.25. The first kappa shape index (κ1) is 15.2. The summed E-state index contributed by atoms with van der Waals surface area (Å²) in [5, 5.41) is 8.76. The molecule has 0 saturated heterocycles. The fourth-order valence-corrected chi connectivity index (χ4v) is 0.892. The van der Waals surface area contributed by atoms with Crippen molar-refractivity contribution in [3.05, 3.63) is 0 Å². The third-order valence-corrected chi connectivity index (χ3v) is 2.04. The minimum Gasteiger partial charge on any atom is -0.394 e. The summed E-state index contributed by atoms with van der Waals surface area (Å²) in [4.78, 5) is 12.6. The van der Waals surface area contributed by atoms with E-state index in [0.29, 0.717) is 0 Å². The molecule has 0 fully saturated rings. The van der Waals surface area contributed by atoms with E-state index in [4.69, 9.17) is 5.11 Å². The molecule has 0 heterocycles. The number of ether oxygens (including phenoxy) is 1. The van der Waals surface area contributed by atoms with E-state index < -0.39 is 12.8 Å². The van der Waals surface area contributed by atoms with Gasteiger partial charge in [-0.1, -0.05) is 0 Å². The number of hydrogen-bond donors (Lipinski definition) is 1. The summed E-state index contributed by atoms with van der Waals surface area (Å²) in [5.41, 5.74) is 0. The maximum atomic E-state index is 11.7. The van der Waals surface area contributed by atoms with Crippen LogP contribution in [0.1, 0.15) is 13.3 Å². The fraction of sp³-hybridized carbons (Fsp3) is 0.889. The fourth-order valence-electron chi connectivity index (χ4n) is 0.892. The van der Waals surface area contributed by atoms with Crippen LogP contribution in [0.25, 0.3) is 0 Å². The van der Waals surface area contributed by atoms with Gasteiger partial charge in [-0.25, -0.2) is 0 Å². The molecule has 1 unspecified atom stereocenters. The van der Waals surface area contributed by atoms with E-state index in [1.165, 1.54) is 11.9 Å². The Morgan fingerprint density at radius 3 is 2.50 bits per heavy atom. The van der Waals surface area contributed by atoms with Gasteiger partial charge in [-0.05, 0) is 6.92 Å². The Morgan fingerprint density at radius 1 is 1.50 bits per heavy atom. The van der Waals surface area contributed by atoms with Crippen LogP contribution in [-0.2, 0) is 9.53 Å². The van der Waals surface area contributed by atoms with Gasteiger partial charge < -0.3 is 14.7 Å². The van der Waals surface area contributed by atoms with Crippen molar-refractivity contribution in [2.45, 2.75) is 25.6 Å². The number of aliphatic hydroxyl groups is 1. The van der Waals surface area contributed by atoms with Gasteiger partial charge in [-0.2, -0.15) is 13.2 Å². The number of rotatable bonds is 6. The molecular weight excluding hydrogens is 227 g/mol. The average molecular weight is 243 g/mol. The zero-order chi connectivity index (χ0) is 12.8. The summed E-state index contributed by atoms with van der Waals surface area (Å²) in [7, 11) is 1.48. The van der Waals surface area contributed by atoms with Gasteiger partial charge in [-0.3, -0.25) is 4.79 Å². The van der Waals surface area contributed by atoms with Crippen molar-refractivity contribution < 1.29 is 27.8 Å². The monoisotopic (exact) mass is 243 g/mol. The van der Waals surface area contributed by atoms with Gasteiger partial charge in [0.1, 0.15) is 6.61 Å². The summed E-state index contributed by atoms with van der Waals surface area (Å²) in [6.45, 7) is -0.180. The molecule has 7 heteroatoms. The molecule has 0 bridgehead atoms. The predicted octanol–water partition coefficient (Wildman–Crippen LogP) is 0.795. The van der Waals surface area contributed by atoms with Crippen LogP contribution in [0, 0.1) is 0 Å². The van der Waals surface area contributed by atoms with Gasteiger partial charge in [0.2, 0.25) is 5.91 Å². The number of carbonyl (C=O) groups is 1. The summed E-state index contributed by atoms with van der Waals surface area (Å²) >= 11 is 0. The number of carbonyl (C=O) groups excluding carboxylic acids is 1. The lowest BCUT2D eigenvalue weighted by Crippen LogP contribution is -2.37. The molecule has 0 rings (SSSR count). The van der Waals surface area contributed by atoms with E-state index in [9.17, 15) is 18.0 Å². The summed E-state index contributed by atoms with van der Waals surface area (Å²) in [5.74, 6) is -0.358. The van der Waals surface area contributed by atoms with E-state index in [-0.39, 0.29) is 31.6 Å². The van der Waals surface area contributed by atoms with Gasteiger partial charge in [0.25, 0.3) is 0 Å². The first-order chi connectivity index (χ1) is 7.28. The quantitative estimate of drug-likeness (QED) is 0.702. The molecule has 0 aromatic carbocycles. The Balaban J connectivity index is 3.74. The van der Waals surface area contributed by atoms with Crippen LogP contribution >= 0.6 is 0 Å². The van der Waals surface area contributed by atoms with Crippen LogP contribution in [0.3, 0.4) is 0 Å². The van der Waals surface area contributed by atoms with Crippen molar-refractivity contribution in [2.75, 3.05) is 26.9 Å². The van der Waals surface area contributed by atoms with Gasteiger partial charge in [0.15, 0.2) is 0 Å². The van der Waals surface area contributed by atoms with Crippen LogP contribution in [0.15, 0.2) is 0 Å². The minimum atomic E-state index is -4.37. The van der Waals surface area contributed by atoms with Gasteiger partial charge in [0, 0.05) is 7.05 Å². The van der Waals surface area contributed by atoms with E-state index in [2.05, 4.69) is 4.74 Å². The Bertz CT molecular complexity index is 221. The lowest BCUT2D eigenvalue weighted by atomic mass is 10.3. The largest absolute Gasteiger partial charge is 0.411 e. The Labute approximate surface area is 92.0 Å². The van der Waals surface area contributed by atoms with Crippen molar-refractivity contribution in [3.8, 4) is 0 Å². The van der Waals surface area contributed by atoms with Gasteiger partial charge in [0.05, 0.1) is 25.7 Å². The number of amides is 1. The highest BCUT2D eigenvalue weighted by molar-refractivity contribution is 5.76. The van der Waals surface area contributed by atoms with E-state index in [1.54, 1.807) is 6.92 Å². The van der Waals surface area contributed by atoms with Crippen LogP contribution in [-0.4, -0.2) is 55.0 Å². The second-order valence-corrected chi connectivity index (χ2v) is 3.45. The van der Waals surface area contributed by atoms with Crippen molar-refractivity contribution in [1.29, 1.82) is 0 Å². The second-order valence-electron chi connectivity index (χ2n) is 3.45. The van der Waals surface area contributed by atoms with Crippen LogP contribution < -0.4 is 0 Å². The van der Waals surface area contributed by atoms with Crippen molar-refractivity contribution >= 4 is 5.91 Å². The molecule has 1 amide bonds. The SMILES string of the molecule is CC(CO)N(C)C(=O)CCOCC(F)(F)F. The molecule has 4 nitrogen and oxygen atoms in total. The number of likely N-dealkylation sites (N-methyl/N-ethyl adjacent to an activating group) is 1.